The van der Waals surface area contributed by atoms with Gasteiger partial charge in [-0.25, -0.2) is 9.67 Å². The Kier molecular flexibility index (Phi) is 3.43. The van der Waals surface area contributed by atoms with Crippen molar-refractivity contribution in [1.82, 2.24) is 14.8 Å². The summed E-state index contributed by atoms with van der Waals surface area (Å²) in [4.78, 5) is 3.65. The Morgan fingerprint density at radius 2 is 2.11 bits per heavy atom. The van der Waals surface area contributed by atoms with Crippen LogP contribution in [0.25, 0.3) is 0 Å². The van der Waals surface area contributed by atoms with Crippen LogP contribution in [0.3, 0.4) is 0 Å². The first-order valence-corrected chi connectivity index (χ1v) is 2.90. The van der Waals surface area contributed by atoms with E-state index in [4.69, 9.17) is 5.73 Å². The molecule has 0 spiro atoms. The molecule has 0 fully saturated rings. The molecule has 1 heterocycles. The van der Waals surface area contributed by atoms with Crippen molar-refractivity contribution in [2.75, 3.05) is 5.73 Å². The van der Waals surface area contributed by atoms with Crippen molar-refractivity contribution in [3.8, 4) is 0 Å². The summed E-state index contributed by atoms with van der Waals surface area (Å²) in [6.07, 6.45) is 1.41. The summed E-state index contributed by atoms with van der Waals surface area (Å²) in [5.74, 6) is 0.444. The van der Waals surface area contributed by atoms with Gasteiger partial charge in [0.2, 0.25) is 5.95 Å². The van der Waals surface area contributed by atoms with E-state index >= 15 is 0 Å². The Labute approximate surface area is 54.7 Å². The van der Waals surface area contributed by atoms with Gasteiger partial charge in [-0.05, 0) is 0 Å². The van der Waals surface area contributed by atoms with Gasteiger partial charge in [0, 0.05) is 7.05 Å². The molecule has 0 aliphatic heterocycles. The van der Waals surface area contributed by atoms with Crippen molar-refractivity contribution in [2.45, 2.75) is 13.8 Å². The van der Waals surface area contributed by atoms with E-state index < -0.39 is 0 Å². The number of nitrogens with zero attached hydrogens (tertiary/aromatic N) is 3. The van der Waals surface area contributed by atoms with Gasteiger partial charge in [0.25, 0.3) is 0 Å². The molecule has 0 amide bonds. The van der Waals surface area contributed by atoms with Crippen LogP contribution in [0.4, 0.5) is 5.95 Å². The van der Waals surface area contributed by atoms with Gasteiger partial charge in [0.05, 0.1) is 0 Å². The van der Waals surface area contributed by atoms with E-state index in [2.05, 4.69) is 10.1 Å². The highest BCUT2D eigenvalue weighted by atomic mass is 15.3. The molecular weight excluding hydrogens is 116 g/mol. The number of anilines is 1. The number of hydrogen-bond acceptors (Lipinski definition) is 3. The highest BCUT2D eigenvalue weighted by Crippen LogP contribution is 1.85. The molecule has 1 rings (SSSR count). The second kappa shape index (κ2) is 3.88. The van der Waals surface area contributed by atoms with Gasteiger partial charge in [-0.2, -0.15) is 5.10 Å². The quantitative estimate of drug-likeness (QED) is 0.551. The van der Waals surface area contributed by atoms with Gasteiger partial charge < -0.3 is 5.73 Å². The van der Waals surface area contributed by atoms with Gasteiger partial charge in [0.15, 0.2) is 0 Å². The maximum atomic E-state index is 5.23. The average Bonchev–Trinajstić information content (AvgIpc) is 2.23. The van der Waals surface area contributed by atoms with Crippen LogP contribution in [0.15, 0.2) is 6.33 Å². The zero-order chi connectivity index (χ0) is 7.28. The Morgan fingerprint density at radius 1 is 1.56 bits per heavy atom. The number of rotatable bonds is 0. The smallest absolute Gasteiger partial charge is 0.218 e. The fraction of sp³-hybridized carbons (Fsp3) is 0.600. The maximum Gasteiger partial charge on any atom is 0.218 e. The Morgan fingerprint density at radius 3 is 2.22 bits per heavy atom. The molecule has 0 saturated carbocycles. The highest BCUT2D eigenvalue weighted by molar-refractivity contribution is 5.10. The third kappa shape index (κ3) is 2.12. The Bertz CT molecular complexity index is 141. The first-order valence-electron chi connectivity index (χ1n) is 2.90. The molecule has 0 unspecified atom stereocenters. The minimum absolute atomic E-state index is 0.444. The molecule has 4 heteroatoms. The lowest BCUT2D eigenvalue weighted by atomic mass is 11.0. The zero-order valence-corrected chi connectivity index (χ0v) is 6.00. The van der Waals surface area contributed by atoms with Crippen LogP contribution in [0.2, 0.25) is 0 Å². The summed E-state index contributed by atoms with van der Waals surface area (Å²) >= 11 is 0. The van der Waals surface area contributed by atoms with E-state index in [1.165, 1.54) is 11.0 Å². The molecule has 52 valence electrons. The van der Waals surface area contributed by atoms with E-state index in [1.807, 2.05) is 13.8 Å². The summed E-state index contributed by atoms with van der Waals surface area (Å²) in [7, 11) is 1.74. The van der Waals surface area contributed by atoms with Crippen molar-refractivity contribution in [3.63, 3.8) is 0 Å². The molecule has 0 aromatic carbocycles. The predicted molar refractivity (Wildman–Crippen MR) is 36.8 cm³/mol. The van der Waals surface area contributed by atoms with Gasteiger partial charge >= 0.3 is 0 Å². The van der Waals surface area contributed by atoms with Crippen molar-refractivity contribution >= 4 is 5.95 Å². The zero-order valence-electron chi connectivity index (χ0n) is 6.00. The molecule has 1 aromatic heterocycles. The lowest BCUT2D eigenvalue weighted by molar-refractivity contribution is 0.778. The molecule has 2 N–H and O–H groups in total. The summed E-state index contributed by atoms with van der Waals surface area (Å²) < 4.78 is 1.50. The maximum absolute atomic E-state index is 5.23. The van der Waals surface area contributed by atoms with Crippen LogP contribution < -0.4 is 5.73 Å². The van der Waals surface area contributed by atoms with Crippen LogP contribution in [-0.4, -0.2) is 14.8 Å². The lowest BCUT2D eigenvalue weighted by Gasteiger charge is -1.84. The first-order chi connectivity index (χ1) is 4.30. The summed E-state index contributed by atoms with van der Waals surface area (Å²) in [6, 6.07) is 0. The summed E-state index contributed by atoms with van der Waals surface area (Å²) in [6.45, 7) is 4.00. The third-order valence-corrected chi connectivity index (χ3v) is 0.746. The summed E-state index contributed by atoms with van der Waals surface area (Å²) in [5.41, 5.74) is 5.23. The van der Waals surface area contributed by atoms with E-state index in [1.54, 1.807) is 7.05 Å². The van der Waals surface area contributed by atoms with Crippen molar-refractivity contribution < 1.29 is 0 Å². The fourth-order valence-electron chi connectivity index (χ4n) is 0.305. The number of aromatic nitrogens is 3. The molecule has 0 saturated heterocycles. The molecule has 0 aliphatic carbocycles. The Balaban J connectivity index is 0.000000291. The lowest BCUT2D eigenvalue weighted by Crippen LogP contribution is -1.97. The largest absolute Gasteiger partial charge is 0.368 e. The minimum Gasteiger partial charge on any atom is -0.368 e. The van der Waals surface area contributed by atoms with E-state index in [0.717, 1.165) is 0 Å². The van der Waals surface area contributed by atoms with Crippen molar-refractivity contribution in [3.05, 3.63) is 6.33 Å². The molecular formula is C5H12N4. The summed E-state index contributed by atoms with van der Waals surface area (Å²) in [5, 5.41) is 3.70. The van der Waals surface area contributed by atoms with E-state index in [9.17, 15) is 0 Å². The van der Waals surface area contributed by atoms with E-state index in [-0.39, 0.29) is 0 Å². The molecule has 0 radical (unpaired) electrons. The number of hydrogen-bond donors (Lipinski definition) is 1. The Hall–Kier alpha value is -1.06. The fourth-order valence-corrected chi connectivity index (χ4v) is 0.305. The number of aryl methyl sites for hydroxylation is 1. The second-order valence-electron chi connectivity index (χ2n) is 1.24. The van der Waals surface area contributed by atoms with Crippen LogP contribution in [0, 0.1) is 0 Å². The average molecular weight is 128 g/mol. The molecule has 9 heavy (non-hydrogen) atoms. The topological polar surface area (TPSA) is 56.7 Å². The SMILES string of the molecule is CC.Cn1ncnc1N. The highest BCUT2D eigenvalue weighted by Gasteiger charge is 1.86. The number of nitrogen functional groups attached to an aromatic ring is 1. The van der Waals surface area contributed by atoms with Crippen LogP contribution in [0.1, 0.15) is 13.8 Å². The van der Waals surface area contributed by atoms with Crippen molar-refractivity contribution in [2.24, 2.45) is 7.05 Å². The van der Waals surface area contributed by atoms with Gasteiger partial charge in [-0.3, -0.25) is 0 Å². The first kappa shape index (κ1) is 7.94. The molecule has 0 aliphatic rings. The van der Waals surface area contributed by atoms with Gasteiger partial charge in [-0.1, -0.05) is 13.8 Å². The minimum atomic E-state index is 0.444. The standard InChI is InChI=1S/C3H6N4.C2H6/c1-7-3(4)5-2-6-7;1-2/h2H,1H3,(H2,4,5,6);1-2H3. The predicted octanol–water partition coefficient (Wildman–Crippen LogP) is 0.424. The van der Waals surface area contributed by atoms with Crippen LogP contribution in [0.5, 0.6) is 0 Å². The normalized spacial score (nSPS) is 7.89. The number of nitrogens with two attached hydrogens (primary N) is 1. The molecule has 1 aromatic rings. The molecule has 0 atom stereocenters. The molecule has 4 nitrogen and oxygen atoms in total. The monoisotopic (exact) mass is 128 g/mol. The molecule has 0 bridgehead atoms. The second-order valence-corrected chi connectivity index (χ2v) is 1.24. The van der Waals surface area contributed by atoms with Crippen LogP contribution >= 0.6 is 0 Å². The van der Waals surface area contributed by atoms with Crippen LogP contribution in [-0.2, 0) is 7.05 Å². The third-order valence-electron chi connectivity index (χ3n) is 0.746. The van der Waals surface area contributed by atoms with Gasteiger partial charge in [-0.15, -0.1) is 0 Å². The van der Waals surface area contributed by atoms with Crippen molar-refractivity contribution in [1.29, 1.82) is 0 Å². The van der Waals surface area contributed by atoms with Gasteiger partial charge in [0.1, 0.15) is 6.33 Å². The van der Waals surface area contributed by atoms with E-state index in [0.29, 0.717) is 5.95 Å².